The van der Waals surface area contributed by atoms with E-state index in [0.29, 0.717) is 21.8 Å². The van der Waals surface area contributed by atoms with E-state index in [-0.39, 0.29) is 16.8 Å². The van der Waals surface area contributed by atoms with E-state index < -0.39 is 23.5 Å². The van der Waals surface area contributed by atoms with Crippen molar-refractivity contribution in [1.29, 1.82) is 0 Å². The molecule has 0 bridgehead atoms. The standard InChI is InChI=1S/C23H19N3O5S/c1-13(20(27)24-16-10-6-7-11-17(16)31-2)26-19(14-8-4-3-5-9-14)25-21-18(22(26)28)15(12-32-21)23(29)30/h3-13H,1-2H3,(H,24,27)(H,29,30). The molecule has 2 aromatic carbocycles. The smallest absolute Gasteiger partial charge is 0.337 e. The number of thiophene rings is 1. The molecule has 0 saturated heterocycles. The molecule has 0 saturated carbocycles. The van der Waals surface area contributed by atoms with Gasteiger partial charge in [0, 0.05) is 10.9 Å². The fourth-order valence-electron chi connectivity index (χ4n) is 3.41. The second kappa shape index (κ2) is 8.64. The second-order valence-corrected chi connectivity index (χ2v) is 7.83. The molecule has 4 aromatic rings. The maximum Gasteiger partial charge on any atom is 0.337 e. The normalized spacial score (nSPS) is 11.8. The van der Waals surface area contributed by atoms with Crippen LogP contribution < -0.4 is 15.6 Å². The number of aromatic carboxylic acids is 1. The molecule has 162 valence electrons. The van der Waals surface area contributed by atoms with Crippen LogP contribution in [0.4, 0.5) is 5.69 Å². The lowest BCUT2D eigenvalue weighted by atomic mass is 10.1. The van der Waals surface area contributed by atoms with E-state index in [2.05, 4.69) is 10.3 Å². The predicted octanol–water partition coefficient (Wildman–Crippen LogP) is 4.03. The summed E-state index contributed by atoms with van der Waals surface area (Å²) < 4.78 is 6.52. The number of ether oxygens (including phenoxy) is 1. The molecule has 0 aliphatic heterocycles. The predicted molar refractivity (Wildman–Crippen MR) is 123 cm³/mol. The van der Waals surface area contributed by atoms with Crippen LogP contribution in [0, 0.1) is 0 Å². The molecule has 32 heavy (non-hydrogen) atoms. The maximum absolute atomic E-state index is 13.5. The lowest BCUT2D eigenvalue weighted by Crippen LogP contribution is -2.33. The van der Waals surface area contributed by atoms with Gasteiger partial charge in [-0.1, -0.05) is 42.5 Å². The quantitative estimate of drug-likeness (QED) is 0.460. The van der Waals surface area contributed by atoms with Crippen LogP contribution in [-0.2, 0) is 4.79 Å². The molecule has 0 aliphatic carbocycles. The van der Waals surface area contributed by atoms with Gasteiger partial charge < -0.3 is 15.2 Å². The molecule has 0 fully saturated rings. The molecule has 8 nitrogen and oxygen atoms in total. The Morgan fingerprint density at radius 1 is 1.12 bits per heavy atom. The molecule has 2 heterocycles. The number of rotatable bonds is 6. The Morgan fingerprint density at radius 2 is 1.81 bits per heavy atom. The minimum atomic E-state index is -1.22. The first kappa shape index (κ1) is 21.3. The topological polar surface area (TPSA) is 111 Å². The van der Waals surface area contributed by atoms with Crippen molar-refractivity contribution in [2.75, 3.05) is 12.4 Å². The minimum Gasteiger partial charge on any atom is -0.495 e. The highest BCUT2D eigenvalue weighted by molar-refractivity contribution is 7.17. The number of benzene rings is 2. The fourth-order valence-corrected chi connectivity index (χ4v) is 4.32. The van der Waals surface area contributed by atoms with Gasteiger partial charge in [0.15, 0.2) is 0 Å². The van der Waals surface area contributed by atoms with E-state index in [1.54, 1.807) is 55.5 Å². The number of carbonyl (C=O) groups excluding carboxylic acids is 1. The van der Waals surface area contributed by atoms with Gasteiger partial charge in [0.25, 0.3) is 5.56 Å². The molecule has 0 radical (unpaired) electrons. The SMILES string of the molecule is COc1ccccc1NC(=O)C(C)n1c(-c2ccccc2)nc2scc(C(=O)O)c2c1=O. The summed E-state index contributed by atoms with van der Waals surface area (Å²) in [5, 5.41) is 13.7. The van der Waals surface area contributed by atoms with Gasteiger partial charge in [-0.2, -0.15) is 0 Å². The molecule has 1 amide bonds. The first-order chi connectivity index (χ1) is 15.4. The van der Waals surface area contributed by atoms with Gasteiger partial charge in [0.05, 0.1) is 23.7 Å². The van der Waals surface area contributed by atoms with E-state index in [9.17, 15) is 19.5 Å². The Kier molecular flexibility index (Phi) is 5.74. The number of amides is 1. The zero-order valence-corrected chi connectivity index (χ0v) is 18.1. The Bertz CT molecular complexity index is 1380. The molecule has 9 heteroatoms. The average molecular weight is 449 g/mol. The summed E-state index contributed by atoms with van der Waals surface area (Å²) >= 11 is 1.08. The number of hydrogen-bond donors (Lipinski definition) is 2. The van der Waals surface area contributed by atoms with Crippen molar-refractivity contribution >= 4 is 39.1 Å². The molecule has 0 spiro atoms. The highest BCUT2D eigenvalue weighted by atomic mass is 32.1. The van der Waals surface area contributed by atoms with E-state index in [4.69, 9.17) is 4.74 Å². The largest absolute Gasteiger partial charge is 0.495 e. The number of fused-ring (bicyclic) bond motifs is 1. The Morgan fingerprint density at radius 3 is 2.50 bits per heavy atom. The van der Waals surface area contributed by atoms with Crippen LogP contribution >= 0.6 is 11.3 Å². The average Bonchev–Trinajstić information content (AvgIpc) is 3.24. The van der Waals surface area contributed by atoms with E-state index >= 15 is 0 Å². The molecule has 4 rings (SSSR count). The number of nitrogens with one attached hydrogen (secondary N) is 1. The number of para-hydroxylation sites is 2. The van der Waals surface area contributed by atoms with Crippen LogP contribution in [0.5, 0.6) is 5.75 Å². The number of carbonyl (C=O) groups is 2. The third kappa shape index (κ3) is 3.74. The Balaban J connectivity index is 1.88. The highest BCUT2D eigenvalue weighted by Crippen LogP contribution is 2.28. The van der Waals surface area contributed by atoms with Gasteiger partial charge in [-0.05, 0) is 19.1 Å². The summed E-state index contributed by atoms with van der Waals surface area (Å²) in [4.78, 5) is 43.2. The lowest BCUT2D eigenvalue weighted by molar-refractivity contribution is -0.118. The van der Waals surface area contributed by atoms with Crippen LogP contribution in [0.2, 0.25) is 0 Å². The van der Waals surface area contributed by atoms with Crippen LogP contribution in [0.3, 0.4) is 0 Å². The zero-order chi connectivity index (χ0) is 22.8. The maximum atomic E-state index is 13.5. The van der Waals surface area contributed by atoms with E-state index in [1.165, 1.54) is 17.1 Å². The molecule has 0 aliphatic rings. The van der Waals surface area contributed by atoms with Gasteiger partial charge in [-0.15, -0.1) is 11.3 Å². The van der Waals surface area contributed by atoms with Crippen LogP contribution in [0.25, 0.3) is 21.6 Å². The first-order valence-corrected chi connectivity index (χ1v) is 10.6. The van der Waals surface area contributed by atoms with Crippen molar-refractivity contribution in [2.45, 2.75) is 13.0 Å². The molecule has 2 aromatic heterocycles. The van der Waals surface area contributed by atoms with E-state index in [0.717, 1.165) is 11.3 Å². The second-order valence-electron chi connectivity index (χ2n) is 6.98. The minimum absolute atomic E-state index is 0.0147. The molecular weight excluding hydrogens is 430 g/mol. The number of hydrogen-bond acceptors (Lipinski definition) is 6. The summed E-state index contributed by atoms with van der Waals surface area (Å²) in [6.45, 7) is 1.57. The summed E-state index contributed by atoms with van der Waals surface area (Å²) in [6, 6.07) is 14.9. The van der Waals surface area contributed by atoms with Gasteiger partial charge in [0.2, 0.25) is 5.91 Å². The van der Waals surface area contributed by atoms with Gasteiger partial charge >= 0.3 is 5.97 Å². The monoisotopic (exact) mass is 449 g/mol. The molecule has 1 atom stereocenters. The summed E-state index contributed by atoms with van der Waals surface area (Å²) in [6.07, 6.45) is 0. The molecular formula is C23H19N3O5S. The summed E-state index contributed by atoms with van der Waals surface area (Å²) in [5.41, 5.74) is 0.369. The third-order valence-corrected chi connectivity index (χ3v) is 5.91. The van der Waals surface area contributed by atoms with Crippen molar-refractivity contribution in [3.05, 3.63) is 75.9 Å². The van der Waals surface area contributed by atoms with Crippen LogP contribution in [0.15, 0.2) is 64.8 Å². The number of anilines is 1. The van der Waals surface area contributed by atoms with Crippen LogP contribution in [-0.4, -0.2) is 33.6 Å². The zero-order valence-electron chi connectivity index (χ0n) is 17.2. The first-order valence-electron chi connectivity index (χ1n) is 9.68. The number of carboxylic acid groups (broad SMARTS) is 1. The van der Waals surface area contributed by atoms with Crippen molar-refractivity contribution < 1.29 is 19.4 Å². The number of methoxy groups -OCH3 is 1. The highest BCUT2D eigenvalue weighted by Gasteiger charge is 2.26. The van der Waals surface area contributed by atoms with Crippen molar-refractivity contribution in [3.63, 3.8) is 0 Å². The summed E-state index contributed by atoms with van der Waals surface area (Å²) in [7, 11) is 1.49. The van der Waals surface area contributed by atoms with Crippen molar-refractivity contribution in [2.24, 2.45) is 0 Å². The number of aromatic nitrogens is 2. The molecule has 1 unspecified atom stereocenters. The van der Waals surface area contributed by atoms with Gasteiger partial charge in [0.1, 0.15) is 22.4 Å². The van der Waals surface area contributed by atoms with Crippen LogP contribution in [0.1, 0.15) is 23.3 Å². The number of nitrogens with zero attached hydrogens (tertiary/aromatic N) is 2. The van der Waals surface area contributed by atoms with Crippen molar-refractivity contribution in [1.82, 2.24) is 9.55 Å². The van der Waals surface area contributed by atoms with Gasteiger partial charge in [-0.3, -0.25) is 14.2 Å². The molecule has 2 N–H and O–H groups in total. The Labute approximate surface area is 186 Å². The van der Waals surface area contributed by atoms with Gasteiger partial charge in [-0.25, -0.2) is 9.78 Å². The van der Waals surface area contributed by atoms with E-state index in [1.807, 2.05) is 6.07 Å². The van der Waals surface area contributed by atoms with Crippen molar-refractivity contribution in [3.8, 4) is 17.1 Å². The number of carboxylic acids is 1. The lowest BCUT2D eigenvalue weighted by Gasteiger charge is -2.20. The Hall–Kier alpha value is -3.98. The fraction of sp³-hybridized carbons (Fsp3) is 0.130. The third-order valence-electron chi connectivity index (χ3n) is 5.03. The summed E-state index contributed by atoms with van der Waals surface area (Å²) in [5.74, 6) is -0.935.